The lowest BCUT2D eigenvalue weighted by Crippen LogP contribution is -2.17. The standard InChI is InChI=1S/C17H25NO4/c1-16(2,3)12-7-11(9-18-22-10-14(19)20)8-13(15(12)21)17(4,5)6/h7-9,21H,10H2,1-6H3,(H,19,20). The summed E-state index contributed by atoms with van der Waals surface area (Å²) in [5.41, 5.74) is 1.95. The molecular formula is C17H25NO4. The van der Waals surface area contributed by atoms with E-state index in [1.54, 1.807) is 0 Å². The minimum Gasteiger partial charge on any atom is -0.507 e. The summed E-state index contributed by atoms with van der Waals surface area (Å²) in [5, 5.41) is 22.8. The monoisotopic (exact) mass is 307 g/mol. The molecule has 0 heterocycles. The summed E-state index contributed by atoms with van der Waals surface area (Å²) >= 11 is 0. The molecule has 0 unspecified atom stereocenters. The number of phenolic OH excluding ortho intramolecular Hbond substituents is 1. The molecule has 0 radical (unpaired) electrons. The molecule has 0 saturated carbocycles. The van der Waals surface area contributed by atoms with Crippen molar-refractivity contribution < 1.29 is 19.8 Å². The molecule has 0 aliphatic heterocycles. The van der Waals surface area contributed by atoms with Crippen LogP contribution in [0.4, 0.5) is 0 Å². The molecule has 0 aliphatic rings. The van der Waals surface area contributed by atoms with Crippen molar-refractivity contribution in [1.29, 1.82) is 0 Å². The van der Waals surface area contributed by atoms with E-state index < -0.39 is 12.6 Å². The van der Waals surface area contributed by atoms with Crippen LogP contribution in [0.1, 0.15) is 58.2 Å². The SMILES string of the molecule is CC(C)(C)c1cc(C=NOCC(=O)O)cc(C(C)(C)C)c1O. The Kier molecular flexibility index (Phi) is 5.22. The quantitative estimate of drug-likeness (QED) is 0.660. The second-order valence-corrected chi connectivity index (χ2v) is 7.37. The van der Waals surface area contributed by atoms with Crippen LogP contribution in [-0.4, -0.2) is 29.0 Å². The van der Waals surface area contributed by atoms with Gasteiger partial charge in [0.2, 0.25) is 6.61 Å². The van der Waals surface area contributed by atoms with Gasteiger partial charge in [-0.05, 0) is 28.5 Å². The summed E-state index contributed by atoms with van der Waals surface area (Å²) in [6.07, 6.45) is 1.47. The number of carboxylic acids is 1. The molecule has 1 aromatic carbocycles. The van der Waals surface area contributed by atoms with Gasteiger partial charge in [0.25, 0.3) is 0 Å². The van der Waals surface area contributed by atoms with Gasteiger partial charge >= 0.3 is 5.97 Å². The fraction of sp³-hybridized carbons (Fsp3) is 0.529. The normalized spacial score (nSPS) is 12.6. The molecule has 122 valence electrons. The highest BCUT2D eigenvalue weighted by Gasteiger charge is 2.26. The first-order valence-electron chi connectivity index (χ1n) is 7.18. The van der Waals surface area contributed by atoms with Gasteiger partial charge in [-0.2, -0.15) is 0 Å². The average molecular weight is 307 g/mol. The Hall–Kier alpha value is -2.04. The number of carbonyl (C=O) groups is 1. The Balaban J connectivity index is 3.27. The Labute approximate surface area is 131 Å². The van der Waals surface area contributed by atoms with Crippen molar-refractivity contribution in [3.05, 3.63) is 28.8 Å². The molecule has 0 bridgehead atoms. The third-order valence-corrected chi connectivity index (χ3v) is 3.21. The first-order chi connectivity index (χ1) is 9.93. The van der Waals surface area contributed by atoms with Crippen LogP contribution in [0.25, 0.3) is 0 Å². The van der Waals surface area contributed by atoms with E-state index >= 15 is 0 Å². The molecule has 5 nitrogen and oxygen atoms in total. The molecule has 0 aromatic heterocycles. The molecular weight excluding hydrogens is 282 g/mol. The number of aromatic hydroxyl groups is 1. The molecule has 22 heavy (non-hydrogen) atoms. The third-order valence-electron chi connectivity index (χ3n) is 3.21. The Bertz CT molecular complexity index is 542. The minimum atomic E-state index is -1.08. The van der Waals surface area contributed by atoms with E-state index in [0.717, 1.165) is 16.7 Å². The fourth-order valence-corrected chi connectivity index (χ4v) is 2.07. The van der Waals surface area contributed by atoms with E-state index in [-0.39, 0.29) is 10.8 Å². The summed E-state index contributed by atoms with van der Waals surface area (Å²) in [5.74, 6) is -0.780. The molecule has 1 aromatic rings. The maximum absolute atomic E-state index is 10.6. The molecule has 0 fully saturated rings. The van der Waals surface area contributed by atoms with Crippen molar-refractivity contribution >= 4 is 12.2 Å². The predicted molar refractivity (Wildman–Crippen MR) is 86.7 cm³/mol. The van der Waals surface area contributed by atoms with E-state index in [1.165, 1.54) is 6.21 Å². The first kappa shape index (κ1) is 18.0. The number of carboxylic acid groups (broad SMARTS) is 1. The number of phenols is 1. The second kappa shape index (κ2) is 6.38. The number of nitrogens with zero attached hydrogens (tertiary/aromatic N) is 1. The zero-order chi connectivity index (χ0) is 17.1. The zero-order valence-electron chi connectivity index (χ0n) is 14.1. The summed E-state index contributed by atoms with van der Waals surface area (Å²) in [7, 11) is 0. The molecule has 0 amide bonds. The lowest BCUT2D eigenvalue weighted by molar-refractivity contribution is -0.142. The maximum atomic E-state index is 10.6. The van der Waals surface area contributed by atoms with Gasteiger partial charge in [0.05, 0.1) is 6.21 Å². The summed E-state index contributed by atoms with van der Waals surface area (Å²) in [4.78, 5) is 15.1. The van der Waals surface area contributed by atoms with E-state index in [1.807, 2.05) is 53.7 Å². The van der Waals surface area contributed by atoms with Crippen LogP contribution in [0.5, 0.6) is 5.75 Å². The highest BCUT2D eigenvalue weighted by molar-refractivity contribution is 5.81. The summed E-state index contributed by atoms with van der Waals surface area (Å²) in [6, 6.07) is 3.69. The van der Waals surface area contributed by atoms with Gasteiger partial charge in [-0.3, -0.25) is 0 Å². The van der Waals surface area contributed by atoms with Crippen molar-refractivity contribution in [2.45, 2.75) is 52.4 Å². The largest absolute Gasteiger partial charge is 0.507 e. The summed E-state index contributed by atoms with van der Waals surface area (Å²) < 4.78 is 0. The number of rotatable bonds is 4. The van der Waals surface area contributed by atoms with Crippen molar-refractivity contribution in [1.82, 2.24) is 0 Å². The number of hydrogen-bond donors (Lipinski definition) is 2. The first-order valence-corrected chi connectivity index (χ1v) is 7.18. The highest BCUT2D eigenvalue weighted by Crippen LogP contribution is 2.39. The van der Waals surface area contributed by atoms with Gasteiger partial charge in [0.1, 0.15) is 5.75 Å². The van der Waals surface area contributed by atoms with Crippen LogP contribution in [-0.2, 0) is 20.5 Å². The lowest BCUT2D eigenvalue weighted by Gasteiger charge is -2.27. The Morgan fingerprint density at radius 1 is 1.14 bits per heavy atom. The topological polar surface area (TPSA) is 79.1 Å². The van der Waals surface area contributed by atoms with E-state index in [2.05, 4.69) is 9.99 Å². The van der Waals surface area contributed by atoms with Gasteiger partial charge in [-0.1, -0.05) is 46.7 Å². The average Bonchev–Trinajstić information content (AvgIpc) is 2.33. The fourth-order valence-electron chi connectivity index (χ4n) is 2.07. The lowest BCUT2D eigenvalue weighted by atomic mass is 9.78. The summed E-state index contributed by atoms with van der Waals surface area (Å²) in [6.45, 7) is 11.7. The van der Waals surface area contributed by atoms with Gasteiger partial charge < -0.3 is 15.1 Å². The van der Waals surface area contributed by atoms with E-state index in [0.29, 0.717) is 5.75 Å². The van der Waals surface area contributed by atoms with Crippen LogP contribution in [0.2, 0.25) is 0 Å². The number of benzene rings is 1. The van der Waals surface area contributed by atoms with Crippen molar-refractivity contribution in [3.63, 3.8) is 0 Å². The minimum absolute atomic E-state index is 0.226. The number of oxime groups is 1. The van der Waals surface area contributed by atoms with Crippen molar-refractivity contribution in [2.75, 3.05) is 6.61 Å². The molecule has 0 saturated heterocycles. The predicted octanol–water partition coefficient (Wildman–Crippen LogP) is 3.42. The number of hydrogen-bond acceptors (Lipinski definition) is 4. The van der Waals surface area contributed by atoms with E-state index in [4.69, 9.17) is 5.11 Å². The van der Waals surface area contributed by atoms with Crippen LogP contribution in [0, 0.1) is 0 Å². The van der Waals surface area contributed by atoms with Gasteiger partial charge in [-0.25, -0.2) is 4.79 Å². The van der Waals surface area contributed by atoms with Crippen LogP contribution >= 0.6 is 0 Å². The van der Waals surface area contributed by atoms with Gasteiger partial charge in [0.15, 0.2) is 0 Å². The smallest absolute Gasteiger partial charge is 0.344 e. The van der Waals surface area contributed by atoms with E-state index in [9.17, 15) is 9.90 Å². The van der Waals surface area contributed by atoms with Gasteiger partial charge in [0, 0.05) is 11.1 Å². The zero-order valence-corrected chi connectivity index (χ0v) is 14.1. The molecule has 1 rings (SSSR count). The van der Waals surface area contributed by atoms with Crippen LogP contribution in [0.15, 0.2) is 17.3 Å². The molecule has 0 spiro atoms. The molecule has 0 atom stereocenters. The second-order valence-electron chi connectivity index (χ2n) is 7.37. The molecule has 2 N–H and O–H groups in total. The third kappa shape index (κ3) is 4.76. The highest BCUT2D eigenvalue weighted by atomic mass is 16.6. The van der Waals surface area contributed by atoms with Crippen LogP contribution < -0.4 is 0 Å². The Morgan fingerprint density at radius 2 is 1.59 bits per heavy atom. The van der Waals surface area contributed by atoms with Crippen LogP contribution in [0.3, 0.4) is 0 Å². The maximum Gasteiger partial charge on any atom is 0.344 e. The number of aliphatic carboxylic acids is 1. The van der Waals surface area contributed by atoms with Gasteiger partial charge in [-0.15, -0.1) is 0 Å². The van der Waals surface area contributed by atoms with Crippen molar-refractivity contribution in [3.8, 4) is 5.75 Å². The Morgan fingerprint density at radius 3 is 1.95 bits per heavy atom. The molecule has 5 heteroatoms. The molecule has 0 aliphatic carbocycles. The van der Waals surface area contributed by atoms with Crippen molar-refractivity contribution in [2.24, 2.45) is 5.16 Å².